The van der Waals surface area contributed by atoms with Gasteiger partial charge in [0.2, 0.25) is 5.91 Å². The molecule has 0 spiro atoms. The highest BCUT2D eigenvalue weighted by Gasteiger charge is 2.23. The van der Waals surface area contributed by atoms with Crippen molar-refractivity contribution in [3.8, 4) is 0 Å². The molecule has 1 amide bonds. The lowest BCUT2D eigenvalue weighted by atomic mass is 9.94. The Labute approximate surface area is 137 Å². The first kappa shape index (κ1) is 15.7. The van der Waals surface area contributed by atoms with Gasteiger partial charge in [0, 0.05) is 37.9 Å². The molecule has 1 aliphatic rings. The van der Waals surface area contributed by atoms with Crippen LogP contribution >= 0.6 is 0 Å². The Bertz CT molecular complexity index is 679. The van der Waals surface area contributed by atoms with Crippen LogP contribution in [0, 0.1) is 0 Å². The summed E-state index contributed by atoms with van der Waals surface area (Å²) in [5, 5.41) is 3.07. The summed E-state index contributed by atoms with van der Waals surface area (Å²) in [6.45, 7) is 4.01. The molecule has 0 radical (unpaired) electrons. The maximum absolute atomic E-state index is 12.2. The maximum atomic E-state index is 12.2. The number of nitrogens with zero attached hydrogens (tertiary/aromatic N) is 3. The second kappa shape index (κ2) is 6.96. The van der Waals surface area contributed by atoms with Crippen molar-refractivity contribution in [2.45, 2.75) is 38.9 Å². The van der Waals surface area contributed by atoms with Crippen LogP contribution in [0.3, 0.4) is 0 Å². The van der Waals surface area contributed by atoms with Crippen LogP contribution < -0.4 is 5.32 Å². The Hall–Kier alpha value is -2.14. The first-order valence-corrected chi connectivity index (χ1v) is 8.21. The number of nitrogens with one attached hydrogen (secondary N) is 1. The summed E-state index contributed by atoms with van der Waals surface area (Å²) in [5.41, 5.74) is 2.79. The largest absolute Gasteiger partial charge is 0.353 e. The van der Waals surface area contributed by atoms with Crippen LogP contribution in [0.15, 0.2) is 36.7 Å². The summed E-state index contributed by atoms with van der Waals surface area (Å²) in [6, 6.07) is 8.90. The molecule has 1 N–H and O–H groups in total. The third-order valence-electron chi connectivity index (χ3n) is 4.58. The molecule has 0 fully saturated rings. The molecule has 0 saturated carbocycles. The van der Waals surface area contributed by atoms with E-state index in [1.807, 2.05) is 17.7 Å². The second-order valence-electron chi connectivity index (χ2n) is 6.17. The van der Waals surface area contributed by atoms with Gasteiger partial charge in [-0.25, -0.2) is 4.98 Å². The highest BCUT2D eigenvalue weighted by atomic mass is 16.1. The molecule has 1 aliphatic heterocycles. The summed E-state index contributed by atoms with van der Waals surface area (Å²) in [6.07, 6.45) is 5.43. The SMILES string of the molecule is CCc1nccn1CC(=O)NCC1Cc2ccccc2CN1C. The minimum Gasteiger partial charge on any atom is -0.353 e. The number of rotatable bonds is 5. The third kappa shape index (κ3) is 3.62. The predicted molar refractivity (Wildman–Crippen MR) is 90.0 cm³/mol. The second-order valence-corrected chi connectivity index (χ2v) is 6.17. The molecule has 3 rings (SSSR count). The van der Waals surface area contributed by atoms with Gasteiger partial charge in [-0.3, -0.25) is 9.69 Å². The highest BCUT2D eigenvalue weighted by Crippen LogP contribution is 2.21. The third-order valence-corrected chi connectivity index (χ3v) is 4.58. The van der Waals surface area contributed by atoms with Gasteiger partial charge < -0.3 is 9.88 Å². The standard InChI is InChI=1S/C18H24N4O/c1-3-17-19-8-9-22(17)13-18(23)20-11-16-10-14-6-4-5-7-15(14)12-21(16)2/h4-9,16H,3,10-13H2,1-2H3,(H,20,23). The number of imidazole rings is 1. The molecule has 2 heterocycles. The average Bonchev–Trinajstić information content (AvgIpc) is 3.00. The summed E-state index contributed by atoms with van der Waals surface area (Å²) in [5.74, 6) is 0.994. The number of aromatic nitrogens is 2. The van der Waals surface area contributed by atoms with Crippen molar-refractivity contribution in [1.82, 2.24) is 19.8 Å². The Kier molecular flexibility index (Phi) is 4.76. The van der Waals surface area contributed by atoms with E-state index in [4.69, 9.17) is 0 Å². The topological polar surface area (TPSA) is 50.2 Å². The number of carbonyl (C=O) groups is 1. The van der Waals surface area contributed by atoms with E-state index in [9.17, 15) is 4.79 Å². The van der Waals surface area contributed by atoms with E-state index in [2.05, 4.69) is 46.5 Å². The zero-order valence-corrected chi connectivity index (χ0v) is 13.8. The van der Waals surface area contributed by atoms with Crippen molar-refractivity contribution in [2.75, 3.05) is 13.6 Å². The molecule has 2 aromatic rings. The lowest BCUT2D eigenvalue weighted by Gasteiger charge is -2.34. The van der Waals surface area contributed by atoms with Gasteiger partial charge in [-0.15, -0.1) is 0 Å². The van der Waals surface area contributed by atoms with E-state index in [1.54, 1.807) is 6.20 Å². The van der Waals surface area contributed by atoms with Gasteiger partial charge in [-0.1, -0.05) is 31.2 Å². The zero-order chi connectivity index (χ0) is 16.2. The van der Waals surface area contributed by atoms with Crippen LogP contribution in [0.2, 0.25) is 0 Å². The van der Waals surface area contributed by atoms with Crippen LogP contribution in [-0.4, -0.2) is 40.0 Å². The lowest BCUT2D eigenvalue weighted by molar-refractivity contribution is -0.121. The minimum absolute atomic E-state index is 0.0463. The lowest BCUT2D eigenvalue weighted by Crippen LogP contribution is -2.46. The fourth-order valence-corrected chi connectivity index (χ4v) is 3.19. The molecule has 0 bridgehead atoms. The molecule has 5 heteroatoms. The molecule has 1 atom stereocenters. The van der Waals surface area contributed by atoms with E-state index in [1.165, 1.54) is 11.1 Å². The maximum Gasteiger partial charge on any atom is 0.240 e. The molecular weight excluding hydrogens is 288 g/mol. The van der Waals surface area contributed by atoms with Gasteiger partial charge >= 0.3 is 0 Å². The molecule has 1 aromatic carbocycles. The molecule has 122 valence electrons. The summed E-state index contributed by atoms with van der Waals surface area (Å²) in [4.78, 5) is 18.8. The molecular formula is C18H24N4O. The fraction of sp³-hybridized carbons (Fsp3) is 0.444. The van der Waals surface area contributed by atoms with Crippen molar-refractivity contribution in [1.29, 1.82) is 0 Å². The first-order valence-electron chi connectivity index (χ1n) is 8.21. The van der Waals surface area contributed by atoms with E-state index in [0.29, 0.717) is 19.1 Å². The highest BCUT2D eigenvalue weighted by molar-refractivity contribution is 5.75. The normalized spacial score (nSPS) is 17.7. The Balaban J connectivity index is 1.55. The van der Waals surface area contributed by atoms with Gasteiger partial charge in [0.1, 0.15) is 12.4 Å². The zero-order valence-electron chi connectivity index (χ0n) is 13.8. The van der Waals surface area contributed by atoms with Gasteiger partial charge in [-0.05, 0) is 24.6 Å². The van der Waals surface area contributed by atoms with Gasteiger partial charge in [0.25, 0.3) is 0 Å². The number of benzene rings is 1. The summed E-state index contributed by atoms with van der Waals surface area (Å²) < 4.78 is 1.91. The van der Waals surface area contributed by atoms with E-state index < -0.39 is 0 Å². The quantitative estimate of drug-likeness (QED) is 0.913. The first-order chi connectivity index (χ1) is 11.2. The van der Waals surface area contributed by atoms with Crippen molar-refractivity contribution >= 4 is 5.91 Å². The van der Waals surface area contributed by atoms with Crippen molar-refractivity contribution in [3.63, 3.8) is 0 Å². The average molecular weight is 312 g/mol. The molecule has 1 aromatic heterocycles. The van der Waals surface area contributed by atoms with Crippen molar-refractivity contribution < 1.29 is 4.79 Å². The van der Waals surface area contributed by atoms with E-state index >= 15 is 0 Å². The number of carbonyl (C=O) groups excluding carboxylic acids is 1. The molecule has 0 aliphatic carbocycles. The Morgan fingerprint density at radius 1 is 1.35 bits per heavy atom. The smallest absolute Gasteiger partial charge is 0.240 e. The van der Waals surface area contributed by atoms with Crippen LogP contribution in [-0.2, 0) is 30.7 Å². The van der Waals surface area contributed by atoms with Crippen molar-refractivity contribution in [2.24, 2.45) is 0 Å². The van der Waals surface area contributed by atoms with Crippen LogP contribution in [0.1, 0.15) is 23.9 Å². The van der Waals surface area contributed by atoms with Crippen molar-refractivity contribution in [3.05, 3.63) is 53.6 Å². The summed E-state index contributed by atoms with van der Waals surface area (Å²) >= 11 is 0. The molecule has 1 unspecified atom stereocenters. The van der Waals surface area contributed by atoms with E-state index in [0.717, 1.165) is 25.2 Å². The molecule has 0 saturated heterocycles. The fourth-order valence-electron chi connectivity index (χ4n) is 3.19. The van der Waals surface area contributed by atoms with Gasteiger partial charge in [-0.2, -0.15) is 0 Å². The van der Waals surface area contributed by atoms with Gasteiger partial charge in [0.15, 0.2) is 0 Å². The number of likely N-dealkylation sites (N-methyl/N-ethyl adjacent to an activating group) is 1. The van der Waals surface area contributed by atoms with Crippen LogP contribution in [0.25, 0.3) is 0 Å². The molecule has 23 heavy (non-hydrogen) atoms. The number of aryl methyl sites for hydroxylation is 1. The number of amides is 1. The summed E-state index contributed by atoms with van der Waals surface area (Å²) in [7, 11) is 2.12. The Morgan fingerprint density at radius 2 is 2.13 bits per heavy atom. The number of hydrogen-bond donors (Lipinski definition) is 1. The number of hydrogen-bond acceptors (Lipinski definition) is 3. The minimum atomic E-state index is 0.0463. The predicted octanol–water partition coefficient (Wildman–Crippen LogP) is 1.62. The monoisotopic (exact) mass is 312 g/mol. The van der Waals surface area contributed by atoms with E-state index in [-0.39, 0.29) is 5.91 Å². The molecule has 5 nitrogen and oxygen atoms in total. The van der Waals surface area contributed by atoms with Crippen LogP contribution in [0.5, 0.6) is 0 Å². The number of fused-ring (bicyclic) bond motifs is 1. The Morgan fingerprint density at radius 3 is 2.91 bits per heavy atom. The van der Waals surface area contributed by atoms with Crippen LogP contribution in [0.4, 0.5) is 0 Å². The van der Waals surface area contributed by atoms with Gasteiger partial charge in [0.05, 0.1) is 0 Å².